The van der Waals surface area contributed by atoms with Crippen LogP contribution < -0.4 is 16.0 Å². The second kappa shape index (κ2) is 8.89. The van der Waals surface area contributed by atoms with Crippen LogP contribution in [0, 0.1) is 0 Å². The Morgan fingerprint density at radius 1 is 1.28 bits per heavy atom. The van der Waals surface area contributed by atoms with E-state index in [1.807, 2.05) is 12.3 Å². The fourth-order valence-corrected chi connectivity index (χ4v) is 1.87. The van der Waals surface area contributed by atoms with Crippen molar-refractivity contribution < 1.29 is 4.74 Å². The van der Waals surface area contributed by atoms with Crippen LogP contribution in [0.2, 0.25) is 0 Å². The summed E-state index contributed by atoms with van der Waals surface area (Å²) < 4.78 is 5.59. The van der Waals surface area contributed by atoms with Crippen LogP contribution in [0.4, 0.5) is 0 Å². The van der Waals surface area contributed by atoms with E-state index in [0.717, 1.165) is 30.8 Å². The molecule has 3 N–H and O–H groups in total. The van der Waals surface area contributed by atoms with Gasteiger partial charge in [-0.25, -0.2) is 0 Å². The van der Waals surface area contributed by atoms with Crippen LogP contribution in [0.3, 0.4) is 0 Å². The van der Waals surface area contributed by atoms with Gasteiger partial charge in [-0.05, 0) is 24.5 Å². The van der Waals surface area contributed by atoms with E-state index in [9.17, 15) is 0 Å². The molecule has 1 rings (SSSR count). The minimum atomic E-state index is 0.161. The molecule has 1 unspecified atom stereocenters. The lowest BCUT2D eigenvalue weighted by molar-refractivity contribution is 0.315. The van der Waals surface area contributed by atoms with Crippen LogP contribution >= 0.6 is 0 Å². The molecule has 0 bridgehead atoms. The fraction of sp³-hybridized carbons (Fsp3) is 0.643. The third kappa shape index (κ3) is 5.02. The molecule has 0 aliphatic heterocycles. The molecule has 4 heteroatoms. The Balaban J connectivity index is 2.60. The summed E-state index contributed by atoms with van der Waals surface area (Å²) in [7, 11) is 0. The average molecular weight is 251 g/mol. The molecule has 0 aromatic carbocycles. The van der Waals surface area contributed by atoms with Gasteiger partial charge in [0.1, 0.15) is 5.75 Å². The van der Waals surface area contributed by atoms with Crippen molar-refractivity contribution in [1.29, 1.82) is 0 Å². The largest absolute Gasteiger partial charge is 0.492 e. The van der Waals surface area contributed by atoms with Crippen LogP contribution in [0.5, 0.6) is 5.75 Å². The number of ether oxygens (including phenoxy) is 1. The number of nitrogens with one attached hydrogen (secondary N) is 1. The van der Waals surface area contributed by atoms with Crippen molar-refractivity contribution in [3.63, 3.8) is 0 Å². The normalized spacial score (nSPS) is 12.4. The van der Waals surface area contributed by atoms with Gasteiger partial charge in [-0.3, -0.25) is 16.3 Å². The van der Waals surface area contributed by atoms with E-state index in [-0.39, 0.29) is 6.04 Å². The molecule has 0 aliphatic rings. The first-order valence-electron chi connectivity index (χ1n) is 6.85. The van der Waals surface area contributed by atoms with Gasteiger partial charge in [0, 0.05) is 12.2 Å². The van der Waals surface area contributed by atoms with E-state index in [0.29, 0.717) is 0 Å². The van der Waals surface area contributed by atoms with Crippen molar-refractivity contribution in [3.05, 3.63) is 24.0 Å². The lowest BCUT2D eigenvalue weighted by Crippen LogP contribution is -2.28. The predicted octanol–water partition coefficient (Wildman–Crippen LogP) is 2.96. The third-order valence-electron chi connectivity index (χ3n) is 2.91. The minimum absolute atomic E-state index is 0.161. The Kier molecular flexibility index (Phi) is 7.37. The maximum absolute atomic E-state index is 5.62. The van der Waals surface area contributed by atoms with Crippen molar-refractivity contribution in [2.75, 3.05) is 6.61 Å². The van der Waals surface area contributed by atoms with Crippen molar-refractivity contribution in [1.82, 2.24) is 10.4 Å². The monoisotopic (exact) mass is 251 g/mol. The first-order chi connectivity index (χ1) is 8.81. The van der Waals surface area contributed by atoms with Crippen LogP contribution in [0.1, 0.15) is 57.6 Å². The van der Waals surface area contributed by atoms with Gasteiger partial charge in [0.25, 0.3) is 0 Å². The van der Waals surface area contributed by atoms with Crippen LogP contribution in [0.15, 0.2) is 18.5 Å². The van der Waals surface area contributed by atoms with E-state index in [1.165, 1.54) is 19.3 Å². The summed E-state index contributed by atoms with van der Waals surface area (Å²) in [6, 6.07) is 2.19. The lowest BCUT2D eigenvalue weighted by Gasteiger charge is -2.16. The Labute approximate surface area is 110 Å². The molecule has 0 fully saturated rings. The van der Waals surface area contributed by atoms with Gasteiger partial charge in [-0.15, -0.1) is 0 Å². The standard InChI is InChI=1S/C14H25N3O/c1-3-5-6-7-14(17-15)12-9-13(11-16-10-12)18-8-4-2/h9-11,14,17H,3-8,15H2,1-2H3. The molecule has 1 heterocycles. The molecule has 0 saturated carbocycles. The summed E-state index contributed by atoms with van der Waals surface area (Å²) in [4.78, 5) is 4.21. The number of nitrogens with zero attached hydrogens (tertiary/aromatic N) is 1. The van der Waals surface area contributed by atoms with E-state index in [4.69, 9.17) is 10.6 Å². The summed E-state index contributed by atoms with van der Waals surface area (Å²) in [6.45, 7) is 5.01. The molecule has 1 aromatic heterocycles. The van der Waals surface area contributed by atoms with Gasteiger partial charge in [0.05, 0.1) is 12.8 Å². The van der Waals surface area contributed by atoms with Gasteiger partial charge in [0.2, 0.25) is 0 Å². The number of aromatic nitrogens is 1. The van der Waals surface area contributed by atoms with Gasteiger partial charge < -0.3 is 4.74 Å². The first kappa shape index (κ1) is 14.9. The molecule has 4 nitrogen and oxygen atoms in total. The van der Waals surface area contributed by atoms with E-state index in [1.54, 1.807) is 6.20 Å². The van der Waals surface area contributed by atoms with Crippen molar-refractivity contribution in [2.24, 2.45) is 5.84 Å². The van der Waals surface area contributed by atoms with Crippen molar-refractivity contribution in [3.8, 4) is 5.75 Å². The smallest absolute Gasteiger partial charge is 0.137 e. The quantitative estimate of drug-likeness (QED) is 0.402. The molecule has 1 aromatic rings. The highest BCUT2D eigenvalue weighted by atomic mass is 16.5. The van der Waals surface area contributed by atoms with Crippen LogP contribution in [0.25, 0.3) is 0 Å². The number of hydrogen-bond donors (Lipinski definition) is 2. The Bertz CT molecular complexity index is 331. The minimum Gasteiger partial charge on any atom is -0.492 e. The Morgan fingerprint density at radius 2 is 2.11 bits per heavy atom. The number of pyridine rings is 1. The maximum Gasteiger partial charge on any atom is 0.137 e. The topological polar surface area (TPSA) is 60.2 Å². The number of unbranched alkanes of at least 4 members (excludes halogenated alkanes) is 2. The van der Waals surface area contributed by atoms with Gasteiger partial charge in [-0.1, -0.05) is 33.1 Å². The number of rotatable bonds is 9. The van der Waals surface area contributed by atoms with Crippen LogP contribution in [-0.2, 0) is 0 Å². The van der Waals surface area contributed by atoms with E-state index >= 15 is 0 Å². The molecule has 0 spiro atoms. The molecule has 0 radical (unpaired) electrons. The molecular formula is C14H25N3O. The second-order valence-electron chi connectivity index (χ2n) is 4.52. The average Bonchev–Trinajstić information content (AvgIpc) is 2.42. The predicted molar refractivity (Wildman–Crippen MR) is 74.2 cm³/mol. The molecule has 0 amide bonds. The van der Waals surface area contributed by atoms with Crippen LogP contribution in [-0.4, -0.2) is 11.6 Å². The molecular weight excluding hydrogens is 226 g/mol. The van der Waals surface area contributed by atoms with Crippen molar-refractivity contribution in [2.45, 2.75) is 52.0 Å². The lowest BCUT2D eigenvalue weighted by atomic mass is 10.0. The zero-order valence-electron chi connectivity index (χ0n) is 11.5. The maximum atomic E-state index is 5.62. The summed E-state index contributed by atoms with van der Waals surface area (Å²) in [5.74, 6) is 6.44. The zero-order chi connectivity index (χ0) is 13.2. The summed E-state index contributed by atoms with van der Waals surface area (Å²) >= 11 is 0. The number of hydrazine groups is 1. The summed E-state index contributed by atoms with van der Waals surface area (Å²) in [5.41, 5.74) is 3.96. The number of hydrogen-bond acceptors (Lipinski definition) is 4. The molecule has 0 saturated heterocycles. The van der Waals surface area contributed by atoms with Gasteiger partial charge >= 0.3 is 0 Å². The summed E-state index contributed by atoms with van der Waals surface area (Å²) in [6.07, 6.45) is 9.26. The second-order valence-corrected chi connectivity index (χ2v) is 4.52. The fourth-order valence-electron chi connectivity index (χ4n) is 1.87. The SMILES string of the molecule is CCCCCC(NN)c1cncc(OCCC)c1. The Morgan fingerprint density at radius 3 is 2.78 bits per heavy atom. The Hall–Kier alpha value is -1.13. The first-order valence-corrected chi connectivity index (χ1v) is 6.85. The molecule has 102 valence electrons. The van der Waals surface area contributed by atoms with Gasteiger partial charge in [0.15, 0.2) is 0 Å². The van der Waals surface area contributed by atoms with E-state index < -0.39 is 0 Å². The number of nitrogens with two attached hydrogens (primary N) is 1. The highest BCUT2D eigenvalue weighted by molar-refractivity contribution is 5.25. The molecule has 1 atom stereocenters. The highest BCUT2D eigenvalue weighted by Gasteiger charge is 2.10. The van der Waals surface area contributed by atoms with Crippen molar-refractivity contribution >= 4 is 0 Å². The third-order valence-corrected chi connectivity index (χ3v) is 2.91. The van der Waals surface area contributed by atoms with E-state index in [2.05, 4.69) is 24.3 Å². The zero-order valence-corrected chi connectivity index (χ0v) is 11.5. The highest BCUT2D eigenvalue weighted by Crippen LogP contribution is 2.22. The molecule has 0 aliphatic carbocycles. The summed E-state index contributed by atoms with van der Waals surface area (Å²) in [5, 5.41) is 0. The molecule has 18 heavy (non-hydrogen) atoms. The van der Waals surface area contributed by atoms with Gasteiger partial charge in [-0.2, -0.15) is 0 Å².